The van der Waals surface area contributed by atoms with Crippen LogP contribution in [-0.4, -0.2) is 30.9 Å². The lowest BCUT2D eigenvalue weighted by atomic mass is 10.1. The van der Waals surface area contributed by atoms with Crippen molar-refractivity contribution in [1.29, 1.82) is 0 Å². The average Bonchev–Trinajstić information content (AvgIpc) is 2.37. The quantitative estimate of drug-likeness (QED) is 0.845. The third kappa shape index (κ3) is 2.92. The Morgan fingerprint density at radius 2 is 2.10 bits per heavy atom. The first-order valence-corrected chi connectivity index (χ1v) is 8.29. The zero-order chi connectivity index (χ0) is 15.8. The summed E-state index contributed by atoms with van der Waals surface area (Å²) in [5.41, 5.74) is 6.62. The molecular weight excluding hydrogens is 293 g/mol. The number of nitrogens with zero attached hydrogens (tertiary/aromatic N) is 1. The molecule has 3 N–H and O–H groups in total. The lowest BCUT2D eigenvalue weighted by Gasteiger charge is -2.24. The third-order valence-electron chi connectivity index (χ3n) is 3.57. The van der Waals surface area contributed by atoms with Gasteiger partial charge in [-0.15, -0.1) is 0 Å². The molecule has 1 aromatic heterocycles. The van der Waals surface area contributed by atoms with E-state index in [1.807, 2.05) is 0 Å². The highest BCUT2D eigenvalue weighted by molar-refractivity contribution is 7.92. The normalized spacial score (nSPS) is 12.6. The van der Waals surface area contributed by atoms with Crippen LogP contribution in [0.25, 0.3) is 10.9 Å². The molecule has 2 aromatic rings. The number of hydrogen-bond donors (Lipinski definition) is 2. The van der Waals surface area contributed by atoms with E-state index in [0.29, 0.717) is 16.6 Å². The van der Waals surface area contributed by atoms with E-state index in [4.69, 9.17) is 5.73 Å². The van der Waals surface area contributed by atoms with Crippen molar-refractivity contribution in [1.82, 2.24) is 4.98 Å². The smallest absolute Gasteiger partial charge is 0.154 e. The molecule has 0 bridgehead atoms. The Hall–Kier alpha value is -1.89. The van der Waals surface area contributed by atoms with Gasteiger partial charge in [0.05, 0.1) is 16.0 Å². The molecule has 2 rings (SSSR count). The van der Waals surface area contributed by atoms with Crippen molar-refractivity contribution in [2.75, 3.05) is 23.9 Å². The van der Waals surface area contributed by atoms with Gasteiger partial charge in [-0.05, 0) is 32.0 Å². The molecule has 0 saturated carbocycles. The van der Waals surface area contributed by atoms with E-state index in [-0.39, 0.29) is 12.2 Å². The van der Waals surface area contributed by atoms with Gasteiger partial charge in [-0.2, -0.15) is 0 Å². The molecule has 7 heteroatoms. The van der Waals surface area contributed by atoms with Gasteiger partial charge in [0.1, 0.15) is 0 Å². The molecule has 0 aliphatic heterocycles. The van der Waals surface area contributed by atoms with Crippen molar-refractivity contribution in [3.63, 3.8) is 0 Å². The average molecular weight is 311 g/mol. The number of halogens is 1. The Balaban J connectivity index is 2.44. The largest absolute Gasteiger partial charge is 0.398 e. The van der Waals surface area contributed by atoms with Gasteiger partial charge < -0.3 is 11.1 Å². The predicted molar refractivity (Wildman–Crippen MR) is 83.5 cm³/mol. The summed E-state index contributed by atoms with van der Waals surface area (Å²) in [5, 5.41) is 3.48. The molecule has 0 spiro atoms. The van der Waals surface area contributed by atoms with E-state index >= 15 is 0 Å². The van der Waals surface area contributed by atoms with Crippen LogP contribution in [0.4, 0.5) is 15.8 Å². The fourth-order valence-electron chi connectivity index (χ4n) is 1.84. The number of aromatic nitrogens is 1. The molecule has 21 heavy (non-hydrogen) atoms. The Morgan fingerprint density at radius 3 is 2.71 bits per heavy atom. The van der Waals surface area contributed by atoms with Crippen molar-refractivity contribution >= 4 is 32.1 Å². The van der Waals surface area contributed by atoms with Crippen LogP contribution in [0.3, 0.4) is 0 Å². The molecule has 0 radical (unpaired) electrons. The second-order valence-electron chi connectivity index (χ2n) is 5.61. The number of nitrogens with two attached hydrogens (primary N) is 1. The van der Waals surface area contributed by atoms with E-state index < -0.39 is 20.4 Å². The van der Waals surface area contributed by atoms with Crippen LogP contribution < -0.4 is 11.1 Å². The van der Waals surface area contributed by atoms with Crippen molar-refractivity contribution in [2.24, 2.45) is 0 Å². The van der Waals surface area contributed by atoms with Crippen LogP contribution in [0.2, 0.25) is 0 Å². The number of anilines is 2. The zero-order valence-corrected chi connectivity index (χ0v) is 13.0. The Labute approximate surface area is 123 Å². The number of sulfone groups is 1. The van der Waals surface area contributed by atoms with Gasteiger partial charge in [-0.1, -0.05) is 0 Å². The highest BCUT2D eigenvalue weighted by Crippen LogP contribution is 2.30. The van der Waals surface area contributed by atoms with E-state index in [2.05, 4.69) is 10.3 Å². The predicted octanol–water partition coefficient (Wildman–Crippen LogP) is 2.19. The van der Waals surface area contributed by atoms with E-state index in [1.54, 1.807) is 26.0 Å². The highest BCUT2D eigenvalue weighted by atomic mass is 32.2. The number of fused-ring (bicyclic) bond motifs is 1. The maximum Gasteiger partial charge on any atom is 0.154 e. The second kappa shape index (κ2) is 5.14. The van der Waals surface area contributed by atoms with E-state index in [0.717, 1.165) is 6.26 Å². The fraction of sp³-hybridized carbons (Fsp3) is 0.357. The second-order valence-corrected chi connectivity index (χ2v) is 8.26. The van der Waals surface area contributed by atoms with Crippen LogP contribution in [-0.2, 0) is 9.84 Å². The lowest BCUT2D eigenvalue weighted by Crippen LogP contribution is -2.38. The summed E-state index contributed by atoms with van der Waals surface area (Å²) < 4.78 is 36.5. The van der Waals surface area contributed by atoms with E-state index in [9.17, 15) is 12.8 Å². The van der Waals surface area contributed by atoms with Crippen molar-refractivity contribution in [2.45, 2.75) is 18.6 Å². The van der Waals surface area contributed by atoms with Crippen LogP contribution in [0, 0.1) is 5.82 Å². The zero-order valence-electron chi connectivity index (χ0n) is 12.1. The van der Waals surface area contributed by atoms with Gasteiger partial charge >= 0.3 is 0 Å². The molecule has 0 saturated heterocycles. The lowest BCUT2D eigenvalue weighted by molar-refractivity contribution is 0.558. The minimum atomic E-state index is -3.28. The van der Waals surface area contributed by atoms with Crippen LogP contribution >= 0.6 is 0 Å². The first kappa shape index (κ1) is 15.5. The summed E-state index contributed by atoms with van der Waals surface area (Å²) in [4.78, 5) is 4.13. The molecule has 114 valence electrons. The minimum Gasteiger partial charge on any atom is -0.398 e. The molecule has 0 aliphatic carbocycles. The number of nitrogens with one attached hydrogen (secondary N) is 1. The molecule has 0 aliphatic rings. The number of pyridine rings is 1. The van der Waals surface area contributed by atoms with Crippen molar-refractivity contribution in [3.8, 4) is 0 Å². The first-order chi connectivity index (χ1) is 9.63. The summed E-state index contributed by atoms with van der Waals surface area (Å²) in [5.74, 6) is -0.553. The standard InChI is InChI=1S/C14H18FN3O2S/c1-14(2,21(3,19)20)8-18-13-10(15)7-11(16)9-5-4-6-17-12(9)13/h4-7,18H,8,16H2,1-3H3. The van der Waals surface area contributed by atoms with Gasteiger partial charge in [0.2, 0.25) is 0 Å². The maximum atomic E-state index is 14.1. The van der Waals surface area contributed by atoms with Gasteiger partial charge in [0.15, 0.2) is 15.7 Å². The SMILES string of the molecule is CC(C)(CNc1c(F)cc(N)c2cccnc12)S(C)(=O)=O. The molecule has 0 unspecified atom stereocenters. The summed E-state index contributed by atoms with van der Waals surface area (Å²) in [6, 6.07) is 4.66. The number of rotatable bonds is 4. The Kier molecular flexibility index (Phi) is 3.79. The molecule has 0 amide bonds. The third-order valence-corrected chi connectivity index (χ3v) is 5.72. The van der Waals surface area contributed by atoms with Gasteiger partial charge in [-0.3, -0.25) is 4.98 Å². The summed E-state index contributed by atoms with van der Waals surface area (Å²) >= 11 is 0. The molecule has 1 aromatic carbocycles. The topological polar surface area (TPSA) is 85.1 Å². The number of hydrogen-bond acceptors (Lipinski definition) is 5. The number of benzene rings is 1. The minimum absolute atomic E-state index is 0.0678. The molecule has 0 fully saturated rings. The first-order valence-electron chi connectivity index (χ1n) is 6.39. The molecular formula is C14H18FN3O2S. The summed E-state index contributed by atoms with van der Waals surface area (Å²) in [7, 11) is -3.28. The van der Waals surface area contributed by atoms with Crippen molar-refractivity contribution < 1.29 is 12.8 Å². The van der Waals surface area contributed by atoms with Crippen LogP contribution in [0.5, 0.6) is 0 Å². The maximum absolute atomic E-state index is 14.1. The monoisotopic (exact) mass is 311 g/mol. The van der Waals surface area contributed by atoms with Crippen LogP contribution in [0.15, 0.2) is 24.4 Å². The molecule has 0 atom stereocenters. The summed E-state index contributed by atoms with van der Waals surface area (Å²) in [6.45, 7) is 3.23. The summed E-state index contributed by atoms with van der Waals surface area (Å²) in [6.07, 6.45) is 2.69. The highest BCUT2D eigenvalue weighted by Gasteiger charge is 2.30. The van der Waals surface area contributed by atoms with Gasteiger partial charge in [-0.25, -0.2) is 12.8 Å². The Morgan fingerprint density at radius 1 is 1.43 bits per heavy atom. The number of nitrogen functional groups attached to an aromatic ring is 1. The van der Waals surface area contributed by atoms with Crippen molar-refractivity contribution in [3.05, 3.63) is 30.2 Å². The van der Waals surface area contributed by atoms with Gasteiger partial charge in [0.25, 0.3) is 0 Å². The Bertz CT molecular complexity index is 788. The van der Waals surface area contributed by atoms with Gasteiger partial charge in [0, 0.05) is 30.1 Å². The van der Waals surface area contributed by atoms with E-state index in [1.165, 1.54) is 12.3 Å². The van der Waals surface area contributed by atoms with Crippen LogP contribution in [0.1, 0.15) is 13.8 Å². The fourth-order valence-corrected chi connectivity index (χ4v) is 2.17. The molecule has 1 heterocycles. The molecule has 5 nitrogen and oxygen atoms in total.